The maximum Gasteiger partial charge on any atom is 0.168 e. The van der Waals surface area contributed by atoms with Crippen LogP contribution in [0.2, 0.25) is 0 Å². The molecule has 1 atom stereocenters. The Morgan fingerprint density at radius 2 is 2.10 bits per heavy atom. The quantitative estimate of drug-likeness (QED) is 0.812. The highest BCUT2D eigenvalue weighted by molar-refractivity contribution is 5.80. The van der Waals surface area contributed by atoms with Crippen LogP contribution in [0.4, 0.5) is 21.5 Å². The molecule has 0 saturated carbocycles. The second-order valence-corrected chi connectivity index (χ2v) is 5.40. The second-order valence-electron chi connectivity index (χ2n) is 5.40. The third kappa shape index (κ3) is 2.40. The summed E-state index contributed by atoms with van der Waals surface area (Å²) in [5.74, 6) is -1.01. The van der Waals surface area contributed by atoms with Crippen molar-refractivity contribution in [1.29, 1.82) is 0 Å². The summed E-state index contributed by atoms with van der Waals surface area (Å²) in [6.45, 7) is 0. The zero-order chi connectivity index (χ0) is 15.0. The summed E-state index contributed by atoms with van der Waals surface area (Å²) in [5.41, 5.74) is 10.4. The van der Waals surface area contributed by atoms with Crippen LogP contribution in [-0.2, 0) is 6.42 Å². The number of nitrogens with zero attached hydrogens (tertiary/aromatic N) is 1. The normalized spacial score (nSPS) is 20.1. The van der Waals surface area contributed by atoms with E-state index in [1.165, 1.54) is 12.1 Å². The minimum Gasteiger partial charge on any atom is -0.388 e. The Hall–Kier alpha value is -2.27. The van der Waals surface area contributed by atoms with Crippen LogP contribution in [-0.4, -0.2) is 19.9 Å². The molecule has 21 heavy (non-hydrogen) atoms. The van der Waals surface area contributed by atoms with Gasteiger partial charge in [0.15, 0.2) is 5.79 Å². The van der Waals surface area contributed by atoms with Gasteiger partial charge in [0.2, 0.25) is 0 Å². The Balaban J connectivity index is 1.89. The number of fused-ring (bicyclic) bond motifs is 1. The third-order valence-electron chi connectivity index (χ3n) is 3.96. The Labute approximate surface area is 123 Å². The first-order valence-corrected chi connectivity index (χ1v) is 6.89. The Morgan fingerprint density at radius 3 is 2.81 bits per heavy atom. The van der Waals surface area contributed by atoms with Crippen LogP contribution in [0.15, 0.2) is 42.5 Å². The predicted octanol–water partition coefficient (Wildman–Crippen LogP) is 2.58. The molecule has 2 aromatic carbocycles. The lowest BCUT2D eigenvalue weighted by molar-refractivity contribution is 0.490. The summed E-state index contributed by atoms with van der Waals surface area (Å²) in [6.07, 6.45) is 0.505. The van der Waals surface area contributed by atoms with Gasteiger partial charge in [-0.05, 0) is 35.9 Å². The molecule has 2 aromatic rings. The summed E-state index contributed by atoms with van der Waals surface area (Å²) in [4.78, 5) is 1.99. The summed E-state index contributed by atoms with van der Waals surface area (Å²) >= 11 is 0. The molecule has 0 bridgehead atoms. The van der Waals surface area contributed by atoms with E-state index in [2.05, 4.69) is 10.6 Å². The van der Waals surface area contributed by atoms with Gasteiger partial charge in [-0.2, -0.15) is 0 Å². The van der Waals surface area contributed by atoms with Crippen molar-refractivity contribution in [2.75, 3.05) is 29.6 Å². The first-order valence-electron chi connectivity index (χ1n) is 6.89. The minimum atomic E-state index is -0.761. The smallest absolute Gasteiger partial charge is 0.168 e. The first-order chi connectivity index (χ1) is 10.0. The van der Waals surface area contributed by atoms with Gasteiger partial charge >= 0.3 is 0 Å². The van der Waals surface area contributed by atoms with Crippen molar-refractivity contribution in [3.05, 3.63) is 53.8 Å². The summed E-state index contributed by atoms with van der Waals surface area (Å²) in [6, 6.07) is 12.6. The minimum absolute atomic E-state index is 0.244. The van der Waals surface area contributed by atoms with E-state index in [4.69, 9.17) is 5.73 Å². The van der Waals surface area contributed by atoms with Crippen LogP contribution in [0, 0.1) is 5.82 Å². The van der Waals surface area contributed by atoms with Crippen molar-refractivity contribution in [3.8, 4) is 0 Å². The van der Waals surface area contributed by atoms with Gasteiger partial charge in [0, 0.05) is 26.2 Å². The van der Waals surface area contributed by atoms with E-state index in [1.54, 1.807) is 6.07 Å². The van der Waals surface area contributed by atoms with Crippen LogP contribution >= 0.6 is 0 Å². The van der Waals surface area contributed by atoms with Gasteiger partial charge in [-0.3, -0.25) is 5.73 Å². The number of rotatable bonds is 3. The van der Waals surface area contributed by atoms with Gasteiger partial charge in [-0.1, -0.05) is 12.1 Å². The topological polar surface area (TPSA) is 53.3 Å². The van der Waals surface area contributed by atoms with E-state index in [0.717, 1.165) is 22.6 Å². The third-order valence-corrected chi connectivity index (χ3v) is 3.96. The molecule has 0 spiro atoms. The highest BCUT2D eigenvalue weighted by Gasteiger charge is 2.38. The number of nitrogens with two attached hydrogens (primary N) is 1. The molecular weight excluding hydrogens is 267 g/mol. The number of benzene rings is 2. The standard InChI is InChI=1S/C16H19FN4/c1-19-13-6-7-15-14(9-13)20-16(18,21(15)2)10-11-4-3-5-12(17)8-11/h3-9,19-20H,10,18H2,1-2H3. The number of nitrogens with one attached hydrogen (secondary N) is 2. The second kappa shape index (κ2) is 4.93. The van der Waals surface area contributed by atoms with Crippen LogP contribution in [0.25, 0.3) is 0 Å². The fraction of sp³-hybridized carbons (Fsp3) is 0.250. The lowest BCUT2D eigenvalue weighted by Gasteiger charge is -2.34. The maximum atomic E-state index is 13.3. The van der Waals surface area contributed by atoms with Crippen LogP contribution in [0.1, 0.15) is 5.56 Å². The van der Waals surface area contributed by atoms with E-state index in [1.807, 2.05) is 43.3 Å². The molecule has 110 valence electrons. The van der Waals surface area contributed by atoms with Gasteiger partial charge in [0.05, 0.1) is 11.4 Å². The predicted molar refractivity (Wildman–Crippen MR) is 85.0 cm³/mol. The lowest BCUT2D eigenvalue weighted by Crippen LogP contribution is -2.58. The summed E-state index contributed by atoms with van der Waals surface area (Å²) in [5, 5.41) is 6.45. The highest BCUT2D eigenvalue weighted by atomic mass is 19.1. The van der Waals surface area contributed by atoms with Gasteiger partial charge in [-0.25, -0.2) is 4.39 Å². The molecule has 0 fully saturated rings. The number of anilines is 3. The molecule has 1 unspecified atom stereocenters. The van der Waals surface area contributed by atoms with Crippen molar-refractivity contribution in [3.63, 3.8) is 0 Å². The van der Waals surface area contributed by atoms with E-state index in [9.17, 15) is 4.39 Å². The summed E-state index contributed by atoms with van der Waals surface area (Å²) < 4.78 is 13.3. The molecule has 4 nitrogen and oxygen atoms in total. The molecule has 5 heteroatoms. The van der Waals surface area contributed by atoms with Crippen molar-refractivity contribution in [2.45, 2.75) is 12.2 Å². The SMILES string of the molecule is CNc1ccc2c(c1)NC(N)(Cc1cccc(F)c1)N2C. The van der Waals surface area contributed by atoms with Crippen molar-refractivity contribution < 1.29 is 4.39 Å². The first kappa shape index (κ1) is 13.7. The van der Waals surface area contributed by atoms with Crippen molar-refractivity contribution >= 4 is 17.1 Å². The average molecular weight is 286 g/mol. The molecule has 4 N–H and O–H groups in total. The Kier molecular flexibility index (Phi) is 3.22. The molecule has 0 aromatic heterocycles. The molecule has 0 saturated heterocycles. The van der Waals surface area contributed by atoms with E-state index in [0.29, 0.717) is 6.42 Å². The van der Waals surface area contributed by atoms with Gasteiger partial charge in [0.25, 0.3) is 0 Å². The van der Waals surface area contributed by atoms with E-state index < -0.39 is 5.79 Å². The largest absolute Gasteiger partial charge is 0.388 e. The van der Waals surface area contributed by atoms with Crippen molar-refractivity contribution in [2.24, 2.45) is 5.73 Å². The molecule has 0 amide bonds. The monoisotopic (exact) mass is 286 g/mol. The molecule has 1 aliphatic heterocycles. The number of hydrogen-bond donors (Lipinski definition) is 3. The van der Waals surface area contributed by atoms with E-state index >= 15 is 0 Å². The molecular formula is C16H19FN4. The number of halogens is 1. The Morgan fingerprint density at radius 1 is 1.29 bits per heavy atom. The maximum absolute atomic E-state index is 13.3. The fourth-order valence-corrected chi connectivity index (χ4v) is 2.74. The zero-order valence-corrected chi connectivity index (χ0v) is 12.2. The van der Waals surface area contributed by atoms with Gasteiger partial charge in [0.1, 0.15) is 5.82 Å². The van der Waals surface area contributed by atoms with Crippen LogP contribution in [0.5, 0.6) is 0 Å². The molecule has 0 aliphatic carbocycles. The zero-order valence-electron chi connectivity index (χ0n) is 12.2. The molecule has 0 radical (unpaired) electrons. The molecule has 1 aliphatic rings. The van der Waals surface area contributed by atoms with Gasteiger partial charge < -0.3 is 15.5 Å². The van der Waals surface area contributed by atoms with Gasteiger partial charge in [-0.15, -0.1) is 0 Å². The highest BCUT2D eigenvalue weighted by Crippen LogP contribution is 2.39. The lowest BCUT2D eigenvalue weighted by atomic mass is 10.1. The van der Waals surface area contributed by atoms with E-state index in [-0.39, 0.29) is 5.82 Å². The fourth-order valence-electron chi connectivity index (χ4n) is 2.74. The Bertz CT molecular complexity index is 673. The summed E-state index contributed by atoms with van der Waals surface area (Å²) in [7, 11) is 3.82. The number of likely N-dealkylation sites (N-methyl/N-ethyl adjacent to an activating group) is 1. The van der Waals surface area contributed by atoms with Crippen molar-refractivity contribution in [1.82, 2.24) is 0 Å². The van der Waals surface area contributed by atoms with Crippen LogP contribution < -0.4 is 21.3 Å². The number of hydrogen-bond acceptors (Lipinski definition) is 4. The molecule has 1 heterocycles. The average Bonchev–Trinajstić information content (AvgIpc) is 2.69. The molecule has 3 rings (SSSR count). The van der Waals surface area contributed by atoms with Crippen LogP contribution in [0.3, 0.4) is 0 Å².